The first-order chi connectivity index (χ1) is 9.58. The summed E-state index contributed by atoms with van der Waals surface area (Å²) < 4.78 is 5.91. The normalized spacial score (nSPS) is 12.8. The number of hydrogen-bond donors (Lipinski definition) is 1. The molecule has 0 fully saturated rings. The van der Waals surface area contributed by atoms with E-state index in [1.807, 2.05) is 18.7 Å². The van der Waals surface area contributed by atoms with Gasteiger partial charge in [-0.3, -0.25) is 4.68 Å². The second kappa shape index (κ2) is 6.65. The van der Waals surface area contributed by atoms with E-state index in [0.717, 1.165) is 41.5 Å². The summed E-state index contributed by atoms with van der Waals surface area (Å²) in [5.74, 6) is 0. The van der Waals surface area contributed by atoms with E-state index in [2.05, 4.69) is 33.8 Å². The van der Waals surface area contributed by atoms with Crippen molar-refractivity contribution in [3.05, 3.63) is 27.0 Å². The first-order valence-electron chi connectivity index (χ1n) is 6.80. The molecule has 0 saturated carbocycles. The van der Waals surface area contributed by atoms with Gasteiger partial charge in [0.05, 0.1) is 33.0 Å². The molecular weight excluding hydrogens is 294 g/mol. The maximum atomic E-state index is 6.44. The molecule has 7 heteroatoms. The lowest BCUT2D eigenvalue weighted by Crippen LogP contribution is -2.24. The summed E-state index contributed by atoms with van der Waals surface area (Å²) >= 11 is 7.88. The molecule has 110 valence electrons. The van der Waals surface area contributed by atoms with Crippen LogP contribution < -0.4 is 5.32 Å². The fourth-order valence-corrected chi connectivity index (χ4v) is 3.38. The van der Waals surface area contributed by atoms with Crippen LogP contribution in [0.15, 0.2) is 0 Å². The zero-order valence-electron chi connectivity index (χ0n) is 12.3. The highest BCUT2D eigenvalue weighted by atomic mass is 35.5. The second-order valence-electron chi connectivity index (χ2n) is 4.72. The molecular formula is C13H20ClN5S. The van der Waals surface area contributed by atoms with E-state index >= 15 is 0 Å². The van der Waals surface area contributed by atoms with Crippen molar-refractivity contribution < 1.29 is 0 Å². The van der Waals surface area contributed by atoms with Gasteiger partial charge in [-0.1, -0.05) is 29.9 Å². The number of halogens is 1. The average Bonchev–Trinajstić information content (AvgIpc) is 2.96. The summed E-state index contributed by atoms with van der Waals surface area (Å²) in [5, 5.41) is 12.8. The SMILES string of the molecule is CCNC(Cc1c(Cl)c(CC)nn1C)c1snnc1C. The smallest absolute Gasteiger partial charge is 0.0850 e. The van der Waals surface area contributed by atoms with Crippen LogP contribution in [0.25, 0.3) is 0 Å². The van der Waals surface area contributed by atoms with Gasteiger partial charge in [0, 0.05) is 13.5 Å². The van der Waals surface area contributed by atoms with Gasteiger partial charge in [-0.2, -0.15) is 5.10 Å². The largest absolute Gasteiger partial charge is 0.309 e. The highest BCUT2D eigenvalue weighted by Crippen LogP contribution is 2.28. The molecule has 2 aromatic rings. The number of aryl methyl sites for hydroxylation is 3. The van der Waals surface area contributed by atoms with E-state index < -0.39 is 0 Å². The predicted octanol–water partition coefficient (Wildman–Crippen LogP) is 2.69. The Morgan fingerprint density at radius 3 is 2.65 bits per heavy atom. The zero-order chi connectivity index (χ0) is 14.7. The van der Waals surface area contributed by atoms with Crippen LogP contribution in [0, 0.1) is 6.92 Å². The molecule has 5 nitrogen and oxygen atoms in total. The molecule has 0 saturated heterocycles. The summed E-state index contributed by atoms with van der Waals surface area (Å²) in [5.41, 5.74) is 3.00. The van der Waals surface area contributed by atoms with Crippen molar-refractivity contribution >= 4 is 23.1 Å². The molecule has 0 spiro atoms. The molecule has 0 amide bonds. The third kappa shape index (κ3) is 3.02. The van der Waals surface area contributed by atoms with Crippen molar-refractivity contribution in [3.8, 4) is 0 Å². The van der Waals surface area contributed by atoms with Gasteiger partial charge in [-0.05, 0) is 31.4 Å². The molecule has 1 unspecified atom stereocenters. The Bertz CT molecular complexity index is 577. The summed E-state index contributed by atoms with van der Waals surface area (Å²) in [4.78, 5) is 1.17. The lowest BCUT2D eigenvalue weighted by Gasteiger charge is -2.16. The monoisotopic (exact) mass is 313 g/mol. The molecule has 2 aromatic heterocycles. The van der Waals surface area contributed by atoms with Crippen LogP contribution in [-0.2, 0) is 19.9 Å². The van der Waals surface area contributed by atoms with Gasteiger partial charge in [-0.15, -0.1) is 5.10 Å². The number of hydrogen-bond acceptors (Lipinski definition) is 5. The maximum Gasteiger partial charge on any atom is 0.0850 e. The minimum Gasteiger partial charge on any atom is -0.309 e. The number of nitrogens with one attached hydrogen (secondary N) is 1. The van der Waals surface area contributed by atoms with E-state index in [9.17, 15) is 0 Å². The Morgan fingerprint density at radius 1 is 1.40 bits per heavy atom. The highest BCUT2D eigenvalue weighted by Gasteiger charge is 2.21. The molecule has 0 aliphatic heterocycles. The fourth-order valence-electron chi connectivity index (χ4n) is 2.30. The van der Waals surface area contributed by atoms with Gasteiger partial charge in [0.2, 0.25) is 0 Å². The van der Waals surface area contributed by atoms with Crippen LogP contribution in [0.3, 0.4) is 0 Å². The fraction of sp³-hybridized carbons (Fsp3) is 0.615. The van der Waals surface area contributed by atoms with E-state index in [1.165, 1.54) is 16.4 Å². The zero-order valence-corrected chi connectivity index (χ0v) is 13.8. The molecule has 2 rings (SSSR count). The molecule has 20 heavy (non-hydrogen) atoms. The molecule has 2 heterocycles. The van der Waals surface area contributed by atoms with Crippen molar-refractivity contribution in [1.82, 2.24) is 24.7 Å². The van der Waals surface area contributed by atoms with Crippen LogP contribution in [-0.4, -0.2) is 25.9 Å². The summed E-state index contributed by atoms with van der Waals surface area (Å²) in [6.07, 6.45) is 1.64. The first-order valence-corrected chi connectivity index (χ1v) is 7.96. The lowest BCUT2D eigenvalue weighted by molar-refractivity contribution is 0.533. The first kappa shape index (κ1) is 15.4. The maximum absolute atomic E-state index is 6.44. The Labute approximate surface area is 128 Å². The van der Waals surface area contributed by atoms with E-state index in [4.69, 9.17) is 11.6 Å². The molecule has 0 aliphatic carbocycles. The van der Waals surface area contributed by atoms with Gasteiger partial charge < -0.3 is 5.32 Å². The average molecular weight is 314 g/mol. The van der Waals surface area contributed by atoms with Crippen molar-refractivity contribution in [2.24, 2.45) is 7.05 Å². The third-order valence-corrected chi connectivity index (χ3v) is 4.73. The van der Waals surface area contributed by atoms with Gasteiger partial charge in [-0.25, -0.2) is 0 Å². The third-order valence-electron chi connectivity index (χ3n) is 3.35. The van der Waals surface area contributed by atoms with Crippen LogP contribution in [0.1, 0.15) is 41.8 Å². The Morgan fingerprint density at radius 2 is 2.15 bits per heavy atom. The summed E-state index contributed by atoms with van der Waals surface area (Å²) in [6.45, 7) is 7.04. The number of aromatic nitrogens is 4. The molecule has 0 aliphatic rings. The van der Waals surface area contributed by atoms with E-state index in [0.29, 0.717) is 0 Å². The Hall–Kier alpha value is -0.980. The standard InChI is InChI=1S/C13H20ClN5S/c1-5-9-12(14)11(19(4)17-9)7-10(15-6-2)13-8(3)16-18-20-13/h10,15H,5-7H2,1-4H3. The van der Waals surface area contributed by atoms with Crippen molar-refractivity contribution in [3.63, 3.8) is 0 Å². The quantitative estimate of drug-likeness (QED) is 0.891. The number of likely N-dealkylation sites (N-methyl/N-ethyl adjacent to an activating group) is 1. The van der Waals surface area contributed by atoms with Crippen LogP contribution >= 0.6 is 23.1 Å². The molecule has 0 aromatic carbocycles. The molecule has 1 atom stereocenters. The van der Waals surface area contributed by atoms with E-state index in [-0.39, 0.29) is 6.04 Å². The van der Waals surface area contributed by atoms with Crippen molar-refractivity contribution in [2.45, 2.75) is 39.7 Å². The summed E-state index contributed by atoms with van der Waals surface area (Å²) in [7, 11) is 1.95. The Balaban J connectivity index is 2.29. The van der Waals surface area contributed by atoms with Gasteiger partial charge >= 0.3 is 0 Å². The number of rotatable bonds is 6. The minimum atomic E-state index is 0.178. The Kier molecular flexibility index (Phi) is 5.12. The lowest BCUT2D eigenvalue weighted by atomic mass is 10.1. The van der Waals surface area contributed by atoms with E-state index in [1.54, 1.807) is 0 Å². The second-order valence-corrected chi connectivity index (χ2v) is 5.89. The topological polar surface area (TPSA) is 55.6 Å². The number of nitrogens with zero attached hydrogens (tertiary/aromatic N) is 4. The summed E-state index contributed by atoms with van der Waals surface area (Å²) in [6, 6.07) is 0.178. The van der Waals surface area contributed by atoms with Gasteiger partial charge in [0.25, 0.3) is 0 Å². The van der Waals surface area contributed by atoms with Crippen molar-refractivity contribution in [2.75, 3.05) is 6.54 Å². The highest BCUT2D eigenvalue weighted by molar-refractivity contribution is 7.05. The molecule has 0 bridgehead atoms. The molecule has 0 radical (unpaired) electrons. The van der Waals surface area contributed by atoms with Crippen molar-refractivity contribution in [1.29, 1.82) is 0 Å². The van der Waals surface area contributed by atoms with Crippen LogP contribution in [0.2, 0.25) is 5.02 Å². The molecule has 1 N–H and O–H groups in total. The minimum absolute atomic E-state index is 0.178. The van der Waals surface area contributed by atoms with Crippen LogP contribution in [0.5, 0.6) is 0 Å². The van der Waals surface area contributed by atoms with Gasteiger partial charge in [0.15, 0.2) is 0 Å². The van der Waals surface area contributed by atoms with Gasteiger partial charge in [0.1, 0.15) is 0 Å². The van der Waals surface area contributed by atoms with Crippen LogP contribution in [0.4, 0.5) is 0 Å². The predicted molar refractivity (Wildman–Crippen MR) is 82.4 cm³/mol.